The molecule has 1 atom stereocenters. The van der Waals surface area contributed by atoms with Crippen LogP contribution in [-0.4, -0.2) is 12.6 Å². The van der Waals surface area contributed by atoms with E-state index in [-0.39, 0.29) is 6.04 Å². The van der Waals surface area contributed by atoms with Gasteiger partial charge < -0.3 is 10.6 Å². The average molecular weight is 244 g/mol. The summed E-state index contributed by atoms with van der Waals surface area (Å²) in [5, 5.41) is 0. The first-order valence-corrected chi connectivity index (χ1v) is 7.40. The lowest BCUT2D eigenvalue weighted by Gasteiger charge is -2.25. The van der Waals surface area contributed by atoms with Crippen molar-refractivity contribution in [1.29, 1.82) is 0 Å². The summed E-state index contributed by atoms with van der Waals surface area (Å²) in [6.45, 7) is 3.41. The Balaban J connectivity index is 1.72. The molecule has 0 radical (unpaired) electrons. The SMILES string of the molecule is CC[C@@H](N)c1ccc(N(CC2CC2)C2CC2)cc1. The van der Waals surface area contributed by atoms with Crippen molar-refractivity contribution in [3.8, 4) is 0 Å². The van der Waals surface area contributed by atoms with Crippen LogP contribution in [0, 0.1) is 5.92 Å². The number of hydrogen-bond donors (Lipinski definition) is 1. The zero-order chi connectivity index (χ0) is 12.5. The van der Waals surface area contributed by atoms with E-state index in [1.54, 1.807) is 0 Å². The van der Waals surface area contributed by atoms with Gasteiger partial charge in [-0.05, 0) is 55.7 Å². The number of rotatable bonds is 6. The van der Waals surface area contributed by atoms with E-state index < -0.39 is 0 Å². The highest BCUT2D eigenvalue weighted by Gasteiger charge is 2.33. The molecule has 1 aromatic carbocycles. The molecule has 0 spiro atoms. The summed E-state index contributed by atoms with van der Waals surface area (Å²) >= 11 is 0. The van der Waals surface area contributed by atoms with Gasteiger partial charge in [-0.3, -0.25) is 0 Å². The number of anilines is 1. The third-order valence-corrected chi connectivity index (χ3v) is 4.23. The first-order chi connectivity index (χ1) is 8.78. The van der Waals surface area contributed by atoms with Crippen molar-refractivity contribution in [3.63, 3.8) is 0 Å². The molecule has 2 nitrogen and oxygen atoms in total. The second kappa shape index (κ2) is 4.93. The van der Waals surface area contributed by atoms with Gasteiger partial charge in [0.25, 0.3) is 0 Å². The van der Waals surface area contributed by atoms with Gasteiger partial charge in [0, 0.05) is 24.3 Å². The van der Waals surface area contributed by atoms with Crippen LogP contribution in [0.1, 0.15) is 50.6 Å². The highest BCUT2D eigenvalue weighted by atomic mass is 15.2. The largest absolute Gasteiger partial charge is 0.368 e. The first-order valence-electron chi connectivity index (χ1n) is 7.40. The third-order valence-electron chi connectivity index (χ3n) is 4.23. The minimum Gasteiger partial charge on any atom is -0.368 e. The maximum Gasteiger partial charge on any atom is 0.0369 e. The van der Waals surface area contributed by atoms with Gasteiger partial charge >= 0.3 is 0 Å². The summed E-state index contributed by atoms with van der Waals surface area (Å²) < 4.78 is 0. The van der Waals surface area contributed by atoms with Gasteiger partial charge in [0.2, 0.25) is 0 Å². The Hall–Kier alpha value is -1.02. The van der Waals surface area contributed by atoms with Crippen LogP contribution in [0.3, 0.4) is 0 Å². The second-order valence-electron chi connectivity index (χ2n) is 5.93. The van der Waals surface area contributed by atoms with Crippen LogP contribution in [0.15, 0.2) is 24.3 Å². The van der Waals surface area contributed by atoms with Crippen LogP contribution < -0.4 is 10.6 Å². The predicted octanol–water partition coefficient (Wildman–Crippen LogP) is 3.48. The number of benzene rings is 1. The standard InChI is InChI=1S/C16H24N2/c1-2-16(17)13-5-7-14(8-6-13)18(15-9-10-15)11-12-3-4-12/h5-8,12,15-16H,2-4,9-11,17H2,1H3/t16-/m1/s1. The van der Waals surface area contributed by atoms with E-state index in [0.717, 1.165) is 18.4 Å². The molecule has 0 amide bonds. The Morgan fingerprint density at radius 1 is 1.17 bits per heavy atom. The molecule has 2 heteroatoms. The zero-order valence-electron chi connectivity index (χ0n) is 11.3. The topological polar surface area (TPSA) is 29.3 Å². The molecule has 1 aromatic rings. The lowest BCUT2D eigenvalue weighted by Crippen LogP contribution is -2.28. The van der Waals surface area contributed by atoms with E-state index in [4.69, 9.17) is 5.73 Å². The van der Waals surface area contributed by atoms with Crippen molar-refractivity contribution < 1.29 is 0 Å². The molecule has 0 aliphatic heterocycles. The molecule has 2 fully saturated rings. The predicted molar refractivity (Wildman–Crippen MR) is 76.8 cm³/mol. The molecular weight excluding hydrogens is 220 g/mol. The van der Waals surface area contributed by atoms with E-state index in [1.807, 2.05) is 0 Å². The van der Waals surface area contributed by atoms with Crippen molar-refractivity contribution >= 4 is 5.69 Å². The van der Waals surface area contributed by atoms with Crippen LogP contribution in [-0.2, 0) is 0 Å². The lowest BCUT2D eigenvalue weighted by molar-refractivity contribution is 0.696. The summed E-state index contributed by atoms with van der Waals surface area (Å²) in [6, 6.07) is 9.97. The maximum atomic E-state index is 6.07. The maximum absolute atomic E-state index is 6.07. The van der Waals surface area contributed by atoms with E-state index in [2.05, 4.69) is 36.1 Å². The molecule has 2 saturated carbocycles. The van der Waals surface area contributed by atoms with E-state index in [0.29, 0.717) is 0 Å². The summed E-state index contributed by atoms with van der Waals surface area (Å²) in [5.41, 5.74) is 8.74. The highest BCUT2D eigenvalue weighted by molar-refractivity contribution is 5.50. The molecule has 0 saturated heterocycles. The van der Waals surface area contributed by atoms with Crippen LogP contribution in [0.5, 0.6) is 0 Å². The molecular formula is C16H24N2. The molecule has 2 aliphatic carbocycles. The Morgan fingerprint density at radius 2 is 1.83 bits per heavy atom. The number of nitrogens with two attached hydrogens (primary N) is 1. The van der Waals surface area contributed by atoms with Gasteiger partial charge in [-0.15, -0.1) is 0 Å². The van der Waals surface area contributed by atoms with Crippen LogP contribution in [0.2, 0.25) is 0 Å². The molecule has 0 bridgehead atoms. The summed E-state index contributed by atoms with van der Waals surface area (Å²) in [6.07, 6.45) is 6.63. The van der Waals surface area contributed by atoms with Crippen LogP contribution >= 0.6 is 0 Å². The van der Waals surface area contributed by atoms with Gasteiger partial charge in [0.15, 0.2) is 0 Å². The van der Waals surface area contributed by atoms with Gasteiger partial charge in [-0.2, -0.15) is 0 Å². The summed E-state index contributed by atoms with van der Waals surface area (Å²) in [5.74, 6) is 0.961. The third kappa shape index (κ3) is 2.69. The fourth-order valence-electron chi connectivity index (χ4n) is 2.58. The average Bonchev–Trinajstić information content (AvgIpc) is 3.28. The second-order valence-corrected chi connectivity index (χ2v) is 5.93. The smallest absolute Gasteiger partial charge is 0.0369 e. The molecule has 3 rings (SSSR count). The molecule has 2 N–H and O–H groups in total. The minimum atomic E-state index is 0.192. The Morgan fingerprint density at radius 3 is 2.33 bits per heavy atom. The molecule has 18 heavy (non-hydrogen) atoms. The van der Waals surface area contributed by atoms with Crippen molar-refractivity contribution in [2.75, 3.05) is 11.4 Å². The van der Waals surface area contributed by atoms with E-state index in [9.17, 15) is 0 Å². The van der Waals surface area contributed by atoms with Crippen molar-refractivity contribution in [1.82, 2.24) is 0 Å². The fraction of sp³-hybridized carbons (Fsp3) is 0.625. The molecule has 0 heterocycles. The van der Waals surface area contributed by atoms with Crippen molar-refractivity contribution in [2.24, 2.45) is 11.7 Å². The van der Waals surface area contributed by atoms with Gasteiger partial charge in [-0.25, -0.2) is 0 Å². The van der Waals surface area contributed by atoms with Gasteiger partial charge in [0.05, 0.1) is 0 Å². The van der Waals surface area contributed by atoms with Crippen LogP contribution in [0.25, 0.3) is 0 Å². The summed E-state index contributed by atoms with van der Waals surface area (Å²) in [7, 11) is 0. The molecule has 0 unspecified atom stereocenters. The Kier molecular flexibility index (Phi) is 3.29. The molecule has 98 valence electrons. The van der Waals surface area contributed by atoms with Crippen molar-refractivity contribution in [3.05, 3.63) is 29.8 Å². The fourth-order valence-corrected chi connectivity index (χ4v) is 2.58. The number of nitrogens with zero attached hydrogens (tertiary/aromatic N) is 1. The van der Waals surface area contributed by atoms with E-state index in [1.165, 1.54) is 43.5 Å². The van der Waals surface area contributed by atoms with Gasteiger partial charge in [0.1, 0.15) is 0 Å². The minimum absolute atomic E-state index is 0.192. The molecule has 2 aliphatic rings. The Labute approximate surface area is 110 Å². The van der Waals surface area contributed by atoms with Crippen LogP contribution in [0.4, 0.5) is 5.69 Å². The first kappa shape index (κ1) is 12.0. The lowest BCUT2D eigenvalue weighted by atomic mass is 10.0. The quantitative estimate of drug-likeness (QED) is 0.830. The van der Waals surface area contributed by atoms with E-state index >= 15 is 0 Å². The zero-order valence-corrected chi connectivity index (χ0v) is 11.3. The molecule has 0 aromatic heterocycles. The monoisotopic (exact) mass is 244 g/mol. The summed E-state index contributed by atoms with van der Waals surface area (Å²) in [4.78, 5) is 2.62. The highest BCUT2D eigenvalue weighted by Crippen LogP contribution is 2.37. The Bertz CT molecular complexity index is 390. The normalized spacial score (nSPS) is 20.8. The van der Waals surface area contributed by atoms with Crippen molar-refractivity contribution in [2.45, 2.75) is 51.1 Å². The number of hydrogen-bond acceptors (Lipinski definition) is 2. The van der Waals surface area contributed by atoms with Gasteiger partial charge in [-0.1, -0.05) is 19.1 Å².